The smallest absolute Gasteiger partial charge is 0.315 e. The van der Waals surface area contributed by atoms with Gasteiger partial charge in [0.25, 0.3) is 0 Å². The molecule has 0 aromatic heterocycles. The van der Waals surface area contributed by atoms with E-state index in [1.54, 1.807) is 0 Å². The van der Waals surface area contributed by atoms with Crippen molar-refractivity contribution in [1.29, 1.82) is 0 Å². The molecule has 0 radical (unpaired) electrons. The number of rotatable bonds is 5. The van der Waals surface area contributed by atoms with Crippen molar-refractivity contribution < 1.29 is 14.6 Å². The van der Waals surface area contributed by atoms with E-state index in [9.17, 15) is 9.90 Å². The predicted molar refractivity (Wildman–Crippen MR) is 73.1 cm³/mol. The zero-order valence-corrected chi connectivity index (χ0v) is 11.3. The Morgan fingerprint density at radius 1 is 1.47 bits per heavy atom. The summed E-state index contributed by atoms with van der Waals surface area (Å²) in [5.74, 6) is -0.866. The van der Waals surface area contributed by atoms with Crippen LogP contribution in [0.1, 0.15) is 30.4 Å². The summed E-state index contributed by atoms with van der Waals surface area (Å²) in [7, 11) is 0. The van der Waals surface area contributed by atoms with Gasteiger partial charge in [0.15, 0.2) is 0 Å². The van der Waals surface area contributed by atoms with Crippen LogP contribution in [0.4, 0.5) is 0 Å². The van der Waals surface area contributed by atoms with Crippen LogP contribution in [0, 0.1) is 6.92 Å². The van der Waals surface area contributed by atoms with E-state index in [0.717, 1.165) is 30.6 Å². The Bertz CT molecular complexity index is 437. The van der Waals surface area contributed by atoms with Gasteiger partial charge in [0.2, 0.25) is 0 Å². The topological polar surface area (TPSA) is 72.5 Å². The zero-order chi connectivity index (χ0) is 13.9. The van der Waals surface area contributed by atoms with Crippen LogP contribution in [0.3, 0.4) is 0 Å². The van der Waals surface area contributed by atoms with Crippen molar-refractivity contribution in [2.45, 2.75) is 37.7 Å². The molecule has 1 aliphatic heterocycles. The van der Waals surface area contributed by atoms with Gasteiger partial charge in [-0.05, 0) is 31.7 Å². The average molecular weight is 263 g/mol. The number of carboxylic acids is 1. The molecule has 2 rings (SSSR count). The first kappa shape index (κ1) is 14.0. The van der Waals surface area contributed by atoms with Crippen LogP contribution in [0.15, 0.2) is 24.3 Å². The molecule has 1 aromatic rings. The first-order chi connectivity index (χ1) is 9.08. The lowest BCUT2D eigenvalue weighted by Crippen LogP contribution is -2.45. The Balaban J connectivity index is 2.32. The zero-order valence-electron chi connectivity index (χ0n) is 11.3. The molecule has 0 spiro atoms. The number of hydrogen-bond acceptors (Lipinski definition) is 3. The fourth-order valence-corrected chi connectivity index (χ4v) is 2.68. The number of hydrogen-bond donors (Lipinski definition) is 2. The highest BCUT2D eigenvalue weighted by Crippen LogP contribution is 2.33. The Morgan fingerprint density at radius 2 is 2.16 bits per heavy atom. The molecular weight excluding hydrogens is 242 g/mol. The summed E-state index contributed by atoms with van der Waals surface area (Å²) in [6.45, 7) is 2.79. The van der Waals surface area contributed by atoms with Crippen LogP contribution >= 0.6 is 0 Å². The molecule has 1 fully saturated rings. The van der Waals surface area contributed by atoms with E-state index in [2.05, 4.69) is 0 Å². The number of carboxylic acid groups (broad SMARTS) is 1. The molecule has 2 atom stereocenters. The molecule has 1 aromatic carbocycles. The van der Waals surface area contributed by atoms with Crippen LogP contribution in [0.2, 0.25) is 0 Å². The molecule has 0 aliphatic carbocycles. The summed E-state index contributed by atoms with van der Waals surface area (Å²) in [6.07, 6.45) is 2.36. The lowest BCUT2D eigenvalue weighted by Gasteiger charge is -2.31. The van der Waals surface area contributed by atoms with Crippen LogP contribution in [-0.2, 0) is 14.9 Å². The first-order valence-corrected chi connectivity index (χ1v) is 6.71. The van der Waals surface area contributed by atoms with Gasteiger partial charge >= 0.3 is 5.97 Å². The highest BCUT2D eigenvalue weighted by Gasteiger charge is 2.42. The Morgan fingerprint density at radius 3 is 2.63 bits per heavy atom. The van der Waals surface area contributed by atoms with E-state index in [-0.39, 0.29) is 12.6 Å². The summed E-state index contributed by atoms with van der Waals surface area (Å²) in [6, 6.07) is 7.59. The molecule has 4 heteroatoms. The summed E-state index contributed by atoms with van der Waals surface area (Å²) >= 11 is 0. The number of benzene rings is 1. The van der Waals surface area contributed by atoms with Crippen molar-refractivity contribution in [2.24, 2.45) is 5.73 Å². The predicted octanol–water partition coefficient (Wildman–Crippen LogP) is 1.85. The van der Waals surface area contributed by atoms with E-state index in [1.165, 1.54) is 0 Å². The summed E-state index contributed by atoms with van der Waals surface area (Å²) < 4.78 is 5.59. The summed E-state index contributed by atoms with van der Waals surface area (Å²) in [5, 5.41) is 9.67. The van der Waals surface area contributed by atoms with Crippen LogP contribution in [0.5, 0.6) is 0 Å². The number of ether oxygens (including phenoxy) is 1. The highest BCUT2D eigenvalue weighted by atomic mass is 16.5. The monoisotopic (exact) mass is 263 g/mol. The van der Waals surface area contributed by atoms with Crippen molar-refractivity contribution in [2.75, 3.05) is 13.2 Å². The molecule has 0 bridgehead atoms. The van der Waals surface area contributed by atoms with Crippen LogP contribution in [-0.4, -0.2) is 30.3 Å². The third-order valence-corrected chi connectivity index (χ3v) is 3.96. The molecular formula is C15H21NO3. The molecule has 0 amide bonds. The molecule has 0 saturated carbocycles. The Labute approximate surface area is 113 Å². The van der Waals surface area contributed by atoms with Gasteiger partial charge in [0.1, 0.15) is 5.41 Å². The van der Waals surface area contributed by atoms with Gasteiger partial charge in [-0.1, -0.05) is 29.8 Å². The van der Waals surface area contributed by atoms with Gasteiger partial charge in [-0.2, -0.15) is 0 Å². The van der Waals surface area contributed by atoms with Crippen LogP contribution in [0.25, 0.3) is 0 Å². The minimum atomic E-state index is -1.04. The number of nitrogens with two attached hydrogens (primary N) is 1. The second-order valence-electron chi connectivity index (χ2n) is 5.30. The number of aliphatic carboxylic acids is 1. The molecule has 4 nitrogen and oxygen atoms in total. The third kappa shape index (κ3) is 2.80. The maximum Gasteiger partial charge on any atom is 0.315 e. The SMILES string of the molecule is Cc1ccc(C(CN)(CC2CCCO2)C(=O)O)cc1. The molecule has 19 heavy (non-hydrogen) atoms. The van der Waals surface area contributed by atoms with E-state index in [0.29, 0.717) is 6.42 Å². The second kappa shape index (κ2) is 5.72. The van der Waals surface area contributed by atoms with Crippen molar-refractivity contribution in [1.82, 2.24) is 0 Å². The van der Waals surface area contributed by atoms with E-state index in [1.807, 2.05) is 31.2 Å². The van der Waals surface area contributed by atoms with Gasteiger partial charge in [0.05, 0.1) is 6.10 Å². The summed E-state index contributed by atoms with van der Waals surface area (Å²) in [4.78, 5) is 11.8. The van der Waals surface area contributed by atoms with E-state index >= 15 is 0 Å². The van der Waals surface area contributed by atoms with E-state index < -0.39 is 11.4 Å². The van der Waals surface area contributed by atoms with Crippen molar-refractivity contribution >= 4 is 5.97 Å². The van der Waals surface area contributed by atoms with Gasteiger partial charge < -0.3 is 15.6 Å². The molecule has 2 unspecified atom stereocenters. The standard InChI is InChI=1S/C15H21NO3/c1-11-4-6-12(7-5-11)15(10-16,14(17)18)9-13-3-2-8-19-13/h4-7,13H,2-3,8-10,16H2,1H3,(H,17,18). The number of carbonyl (C=O) groups is 1. The van der Waals surface area contributed by atoms with Crippen molar-refractivity contribution in [3.63, 3.8) is 0 Å². The average Bonchev–Trinajstić information content (AvgIpc) is 2.89. The first-order valence-electron chi connectivity index (χ1n) is 6.71. The Hall–Kier alpha value is -1.39. The van der Waals surface area contributed by atoms with Gasteiger partial charge in [-0.15, -0.1) is 0 Å². The lowest BCUT2D eigenvalue weighted by molar-refractivity contribution is -0.145. The number of aryl methyl sites for hydroxylation is 1. The Kier molecular flexibility index (Phi) is 4.22. The largest absolute Gasteiger partial charge is 0.481 e. The van der Waals surface area contributed by atoms with Gasteiger partial charge in [-0.3, -0.25) is 4.79 Å². The van der Waals surface area contributed by atoms with Gasteiger partial charge in [-0.25, -0.2) is 0 Å². The minimum Gasteiger partial charge on any atom is -0.481 e. The van der Waals surface area contributed by atoms with E-state index in [4.69, 9.17) is 10.5 Å². The van der Waals surface area contributed by atoms with Crippen molar-refractivity contribution in [3.8, 4) is 0 Å². The highest BCUT2D eigenvalue weighted by molar-refractivity contribution is 5.82. The van der Waals surface area contributed by atoms with Crippen molar-refractivity contribution in [3.05, 3.63) is 35.4 Å². The normalized spacial score (nSPS) is 22.1. The summed E-state index contributed by atoms with van der Waals surface area (Å²) in [5.41, 5.74) is 6.66. The second-order valence-corrected chi connectivity index (χ2v) is 5.30. The maximum absolute atomic E-state index is 11.8. The molecule has 3 N–H and O–H groups in total. The van der Waals surface area contributed by atoms with Gasteiger partial charge in [0, 0.05) is 13.2 Å². The quantitative estimate of drug-likeness (QED) is 0.850. The molecule has 1 aliphatic rings. The fourth-order valence-electron chi connectivity index (χ4n) is 2.68. The molecule has 1 heterocycles. The third-order valence-electron chi connectivity index (χ3n) is 3.96. The maximum atomic E-state index is 11.8. The van der Waals surface area contributed by atoms with Crippen LogP contribution < -0.4 is 5.73 Å². The minimum absolute atomic E-state index is 0.000882. The lowest BCUT2D eigenvalue weighted by atomic mass is 9.75. The molecule has 1 saturated heterocycles. The fraction of sp³-hybridized carbons (Fsp3) is 0.533. The molecule has 104 valence electrons.